The Morgan fingerprint density at radius 3 is 1.45 bits per heavy atom. The van der Waals surface area contributed by atoms with Gasteiger partial charge in [-0.1, -0.05) is 37.0 Å². The summed E-state index contributed by atoms with van der Waals surface area (Å²) in [6.45, 7) is 8.28. The molecule has 49 heavy (non-hydrogen) atoms. The largest absolute Gasteiger partial charge is 0.489 e. The number of aliphatic hydroxyl groups is 1. The molecule has 2 aromatic rings. The summed E-state index contributed by atoms with van der Waals surface area (Å²) in [4.78, 5) is 22.4. The molecule has 0 atom stereocenters. The summed E-state index contributed by atoms with van der Waals surface area (Å²) in [5.74, 6) is -0.184. The highest BCUT2D eigenvalue weighted by Gasteiger charge is 2.30. The van der Waals surface area contributed by atoms with Crippen LogP contribution in [0, 0.1) is 0 Å². The van der Waals surface area contributed by atoms with Crippen LogP contribution >= 0.6 is 34.6 Å². The molecule has 0 amide bonds. The Balaban J connectivity index is 0. The van der Waals surface area contributed by atoms with Crippen molar-refractivity contribution in [1.82, 2.24) is 4.31 Å². The van der Waals surface area contributed by atoms with Crippen LogP contribution in [-0.2, 0) is 18.9 Å². The van der Waals surface area contributed by atoms with Crippen LogP contribution in [0.15, 0.2) is 36.4 Å². The van der Waals surface area contributed by atoms with Gasteiger partial charge in [0.2, 0.25) is 0 Å². The van der Waals surface area contributed by atoms with Crippen LogP contribution in [0.4, 0.5) is 16.0 Å². The van der Waals surface area contributed by atoms with E-state index in [1.54, 1.807) is 32.9 Å². The number of esters is 2. The van der Waals surface area contributed by atoms with E-state index in [2.05, 4.69) is 18.9 Å². The zero-order valence-electron chi connectivity index (χ0n) is 30.3. The Bertz CT molecular complexity index is 1180. The van der Waals surface area contributed by atoms with Crippen molar-refractivity contribution >= 4 is 46.5 Å². The average Bonchev–Trinajstić information content (AvgIpc) is 3.02. The van der Waals surface area contributed by atoms with Gasteiger partial charge in [0, 0.05) is 28.7 Å². The SMILES string of the molecule is COC(=O)c1ccc(OCC(C)(C)F)c(Cl)c1.COC(=O)c1ccc(OCC(C)(C)O)c(Cl)c1.COCCN(CCOC)S(F)(F)F.[2H]CC. The standard InChI is InChI=1S/C12H14ClFO3.C12H15ClO4.C6H14F3NO2S.C2H6/c1-12(2,14)7-17-10-5-4-8(6-9(10)13)11(15)16-3;1-12(2,15)7-17-10-5-4-8(6-9(10)13)11(14)16-3;1-11-5-3-10(4-6-12-2)13(7,8)9;1-2/h4-6H,7H2,1-3H3;4-6,15H,7H2,1-3H3;3-6H2,1-2H3;1-2H3/i;;;1D. The zero-order valence-corrected chi connectivity index (χ0v) is 31.6. The summed E-state index contributed by atoms with van der Waals surface area (Å²) < 4.78 is 85.5. The van der Waals surface area contributed by atoms with Crippen LogP contribution in [0.2, 0.25) is 10.0 Å². The maximum Gasteiger partial charge on any atom is 0.337 e. The first-order valence-electron chi connectivity index (χ1n) is 15.2. The maximum atomic E-state index is 13.2. The van der Waals surface area contributed by atoms with Gasteiger partial charge in [0.1, 0.15) is 30.4 Å². The van der Waals surface area contributed by atoms with E-state index in [0.29, 0.717) is 38.9 Å². The molecule has 0 radical (unpaired) electrons. The number of carbonyl (C=O) groups excluding carboxylic acids is 2. The summed E-state index contributed by atoms with van der Waals surface area (Å²) in [6.07, 6.45) is 0. The minimum Gasteiger partial charge on any atom is -0.489 e. The average molecular weight is 772 g/mol. The highest BCUT2D eigenvalue weighted by atomic mass is 35.5. The topological polar surface area (TPSA) is 113 Å². The number of methoxy groups -OCH3 is 4. The molecule has 2 aromatic carbocycles. The van der Waals surface area contributed by atoms with Gasteiger partial charge in [-0.3, -0.25) is 0 Å². The van der Waals surface area contributed by atoms with Gasteiger partial charge < -0.3 is 33.5 Å². The number of hydrogen-bond donors (Lipinski definition) is 1. The number of halogens is 6. The molecule has 17 heteroatoms. The third-order valence-electron chi connectivity index (χ3n) is 5.24. The lowest BCUT2D eigenvalue weighted by Gasteiger charge is -2.26. The summed E-state index contributed by atoms with van der Waals surface area (Å²) in [7, 11) is 5.33. The number of ether oxygens (including phenoxy) is 6. The van der Waals surface area contributed by atoms with Crippen molar-refractivity contribution in [3.63, 3.8) is 0 Å². The van der Waals surface area contributed by atoms with E-state index >= 15 is 0 Å². The van der Waals surface area contributed by atoms with Crippen molar-refractivity contribution in [3.05, 3.63) is 57.6 Å². The number of benzene rings is 2. The van der Waals surface area contributed by atoms with Crippen LogP contribution in [-0.4, -0.2) is 101 Å². The summed E-state index contributed by atoms with van der Waals surface area (Å²) in [6, 6.07) is 9.04. The third kappa shape index (κ3) is 22.7. The first-order valence-corrected chi connectivity index (χ1v) is 16.5. The van der Waals surface area contributed by atoms with Gasteiger partial charge in [-0.25, -0.2) is 14.0 Å². The fraction of sp³-hybridized carbons (Fsp3) is 0.562. The van der Waals surface area contributed by atoms with Crippen molar-refractivity contribution in [1.29, 1.82) is 0 Å². The third-order valence-corrected chi connectivity index (χ3v) is 6.78. The van der Waals surface area contributed by atoms with E-state index in [0.717, 1.165) is 0 Å². The second-order valence-corrected chi connectivity index (χ2v) is 12.8. The Labute approximate surface area is 300 Å². The first kappa shape index (κ1) is 46.5. The minimum absolute atomic E-state index is 0.0796. The second-order valence-electron chi connectivity index (χ2n) is 10.7. The van der Waals surface area contributed by atoms with Gasteiger partial charge >= 0.3 is 11.9 Å². The predicted octanol–water partition coefficient (Wildman–Crippen LogP) is 8.51. The highest BCUT2D eigenvalue weighted by molar-refractivity contribution is 8.18. The van der Waals surface area contributed by atoms with Crippen LogP contribution in [0.3, 0.4) is 0 Å². The van der Waals surface area contributed by atoms with Crippen molar-refractivity contribution in [2.45, 2.75) is 52.8 Å². The molecular weight excluding hydrogens is 721 g/mol. The maximum absolute atomic E-state index is 13.2. The predicted molar refractivity (Wildman–Crippen MR) is 186 cm³/mol. The quantitative estimate of drug-likeness (QED) is 0.140. The van der Waals surface area contributed by atoms with E-state index in [4.69, 9.17) is 34.0 Å². The lowest BCUT2D eigenvalue weighted by molar-refractivity contribution is 0.0284. The Hall–Kier alpha value is -2.53. The summed E-state index contributed by atoms with van der Waals surface area (Å²) in [5, 5.41) is 10.1. The summed E-state index contributed by atoms with van der Waals surface area (Å²) in [5.41, 5.74) is -1.70. The number of carbonyl (C=O) groups is 2. The smallest absolute Gasteiger partial charge is 0.337 e. The molecule has 0 aromatic heterocycles. The Morgan fingerprint density at radius 1 is 0.816 bits per heavy atom. The number of alkyl halides is 1. The molecule has 0 heterocycles. The van der Waals surface area contributed by atoms with Crippen molar-refractivity contribution < 1.29 is 60.5 Å². The van der Waals surface area contributed by atoms with Gasteiger partial charge in [-0.05, 0) is 64.1 Å². The number of hydrogen-bond acceptors (Lipinski definition) is 10. The number of rotatable bonds is 15. The van der Waals surface area contributed by atoms with E-state index in [-0.39, 0.29) is 44.5 Å². The van der Waals surface area contributed by atoms with Crippen LogP contribution in [0.25, 0.3) is 0 Å². The summed E-state index contributed by atoms with van der Waals surface area (Å²) >= 11 is 6.71. The van der Waals surface area contributed by atoms with Crippen molar-refractivity contribution in [2.24, 2.45) is 0 Å². The molecule has 0 aliphatic heterocycles. The van der Waals surface area contributed by atoms with Crippen LogP contribution < -0.4 is 9.47 Å². The monoisotopic (exact) mass is 770 g/mol. The lowest BCUT2D eigenvalue weighted by atomic mass is 10.1. The van der Waals surface area contributed by atoms with E-state index in [1.807, 2.05) is 0 Å². The van der Waals surface area contributed by atoms with E-state index in [1.165, 1.54) is 66.6 Å². The molecule has 0 aliphatic rings. The van der Waals surface area contributed by atoms with Gasteiger partial charge in [-0.2, -0.15) is 4.31 Å². The first-order chi connectivity index (χ1) is 23.1. The molecular formula is C32H49Cl2F4NO9S. The Morgan fingerprint density at radius 2 is 1.18 bits per heavy atom. The molecule has 0 aliphatic carbocycles. The molecule has 0 spiro atoms. The normalized spacial score (nSPS) is 11.7. The molecule has 0 unspecified atom stereocenters. The van der Waals surface area contributed by atoms with Crippen molar-refractivity contribution in [2.75, 3.05) is 68.0 Å². The molecule has 284 valence electrons. The van der Waals surface area contributed by atoms with Crippen LogP contribution in [0.1, 0.15) is 63.6 Å². The molecule has 0 saturated heterocycles. The molecule has 1 N–H and O–H groups in total. The van der Waals surface area contributed by atoms with E-state index < -0.39 is 34.6 Å². The fourth-order valence-corrected chi connectivity index (χ4v) is 3.97. The Kier molecular flexibility index (Phi) is 23.3. The van der Waals surface area contributed by atoms with Crippen LogP contribution in [0.5, 0.6) is 11.5 Å². The van der Waals surface area contributed by atoms with Crippen molar-refractivity contribution in [3.8, 4) is 11.5 Å². The molecule has 0 saturated carbocycles. The van der Waals surface area contributed by atoms with Gasteiger partial charge in [0.15, 0.2) is 0 Å². The molecule has 2 rings (SSSR count). The highest BCUT2D eigenvalue weighted by Crippen LogP contribution is 2.56. The minimum atomic E-state index is -5.14. The van der Waals surface area contributed by atoms with Gasteiger partial charge in [0.25, 0.3) is 11.4 Å². The molecule has 0 bridgehead atoms. The second kappa shape index (κ2) is 24.6. The number of nitrogens with zero attached hydrogens (tertiary/aromatic N) is 1. The van der Waals surface area contributed by atoms with Gasteiger partial charge in [-0.15, -0.1) is 11.7 Å². The van der Waals surface area contributed by atoms with Gasteiger partial charge in [0.05, 0.1) is 54.2 Å². The molecule has 0 fully saturated rings. The van der Waals surface area contributed by atoms with E-state index in [9.17, 15) is 30.7 Å². The zero-order chi connectivity index (χ0) is 39.1. The lowest BCUT2D eigenvalue weighted by Crippen LogP contribution is -2.28. The molecule has 10 nitrogen and oxygen atoms in total. The fourth-order valence-electron chi connectivity index (χ4n) is 2.93.